The molecule has 0 spiro atoms. The molecular formula is C8H7BrClF. The molecule has 0 aliphatic heterocycles. The van der Waals surface area contributed by atoms with Gasteiger partial charge in [0.15, 0.2) is 0 Å². The number of aryl methyl sites for hydroxylation is 1. The van der Waals surface area contributed by atoms with Crippen LogP contribution in [0.2, 0.25) is 5.02 Å². The maximum Gasteiger partial charge on any atom is 0.0935 e. The van der Waals surface area contributed by atoms with Crippen LogP contribution >= 0.6 is 27.5 Å². The fraction of sp³-hybridized carbons (Fsp3) is 0.250. The summed E-state index contributed by atoms with van der Waals surface area (Å²) in [6.45, 7) is -0.365. The van der Waals surface area contributed by atoms with Crippen molar-refractivity contribution in [1.29, 1.82) is 0 Å². The molecule has 3 heteroatoms. The summed E-state index contributed by atoms with van der Waals surface area (Å²) >= 11 is 9.07. The second-order valence-electron chi connectivity index (χ2n) is 2.17. The smallest absolute Gasteiger partial charge is 0.0935 e. The number of alkyl halides is 1. The Labute approximate surface area is 78.5 Å². The van der Waals surface area contributed by atoms with Crippen molar-refractivity contribution in [3.05, 3.63) is 33.3 Å². The van der Waals surface area contributed by atoms with Gasteiger partial charge in [-0.3, -0.25) is 4.39 Å². The fourth-order valence-electron chi connectivity index (χ4n) is 0.837. The van der Waals surface area contributed by atoms with Crippen LogP contribution in [0.5, 0.6) is 0 Å². The summed E-state index contributed by atoms with van der Waals surface area (Å²) in [5.74, 6) is 0. The Balaban J connectivity index is 2.93. The number of benzene rings is 1. The van der Waals surface area contributed by atoms with E-state index in [0.29, 0.717) is 11.4 Å². The van der Waals surface area contributed by atoms with Crippen LogP contribution in [0, 0.1) is 0 Å². The van der Waals surface area contributed by atoms with Crippen molar-refractivity contribution < 1.29 is 4.39 Å². The predicted molar refractivity (Wildman–Crippen MR) is 48.8 cm³/mol. The summed E-state index contributed by atoms with van der Waals surface area (Å²) < 4.78 is 12.9. The zero-order valence-electron chi connectivity index (χ0n) is 5.78. The standard InChI is InChI=1S/C8H7BrClF/c9-7-1-2-8(10)6(5-7)3-4-11/h1-2,5H,3-4H2. The van der Waals surface area contributed by atoms with E-state index >= 15 is 0 Å². The number of hydrogen-bond acceptors (Lipinski definition) is 0. The molecule has 0 amide bonds. The molecule has 0 heterocycles. The van der Waals surface area contributed by atoms with E-state index in [9.17, 15) is 4.39 Å². The van der Waals surface area contributed by atoms with Crippen LogP contribution in [0.3, 0.4) is 0 Å². The maximum atomic E-state index is 11.9. The predicted octanol–water partition coefficient (Wildman–Crippen LogP) is 3.61. The van der Waals surface area contributed by atoms with Crippen LogP contribution < -0.4 is 0 Å². The molecule has 0 bridgehead atoms. The van der Waals surface area contributed by atoms with Crippen LogP contribution in [0.25, 0.3) is 0 Å². The Morgan fingerprint density at radius 1 is 1.45 bits per heavy atom. The van der Waals surface area contributed by atoms with Gasteiger partial charge in [-0.15, -0.1) is 0 Å². The second kappa shape index (κ2) is 4.07. The van der Waals surface area contributed by atoms with Gasteiger partial charge in [-0.1, -0.05) is 27.5 Å². The summed E-state index contributed by atoms with van der Waals surface area (Å²) in [7, 11) is 0. The first kappa shape index (κ1) is 9.01. The van der Waals surface area contributed by atoms with Crippen molar-refractivity contribution >= 4 is 27.5 Å². The average Bonchev–Trinajstić information content (AvgIpc) is 1.98. The summed E-state index contributed by atoms with van der Waals surface area (Å²) in [6.07, 6.45) is 0.387. The monoisotopic (exact) mass is 236 g/mol. The summed E-state index contributed by atoms with van der Waals surface area (Å²) in [5.41, 5.74) is 0.851. The van der Waals surface area contributed by atoms with Crippen LogP contribution in [0.4, 0.5) is 4.39 Å². The van der Waals surface area contributed by atoms with Gasteiger partial charge in [0.05, 0.1) is 6.67 Å². The number of hydrogen-bond donors (Lipinski definition) is 0. The fourth-order valence-corrected chi connectivity index (χ4v) is 1.46. The van der Waals surface area contributed by atoms with E-state index in [2.05, 4.69) is 15.9 Å². The lowest BCUT2D eigenvalue weighted by Gasteiger charge is -2.00. The molecular weight excluding hydrogens is 230 g/mol. The van der Waals surface area contributed by atoms with Gasteiger partial charge in [0, 0.05) is 15.9 Å². The van der Waals surface area contributed by atoms with Crippen LogP contribution in [0.15, 0.2) is 22.7 Å². The molecule has 0 aliphatic carbocycles. The van der Waals surface area contributed by atoms with E-state index < -0.39 is 0 Å². The molecule has 0 N–H and O–H groups in total. The highest BCUT2D eigenvalue weighted by molar-refractivity contribution is 9.10. The van der Waals surface area contributed by atoms with E-state index in [1.807, 2.05) is 12.1 Å². The lowest BCUT2D eigenvalue weighted by Crippen LogP contribution is -1.87. The van der Waals surface area contributed by atoms with E-state index in [-0.39, 0.29) is 6.67 Å². The van der Waals surface area contributed by atoms with E-state index in [4.69, 9.17) is 11.6 Å². The van der Waals surface area contributed by atoms with Gasteiger partial charge in [-0.05, 0) is 23.8 Å². The van der Waals surface area contributed by atoms with Gasteiger partial charge in [0.1, 0.15) is 0 Å². The summed E-state index contributed by atoms with van der Waals surface area (Å²) in [6, 6.07) is 5.43. The minimum atomic E-state index is -0.365. The van der Waals surface area contributed by atoms with Crippen molar-refractivity contribution in [1.82, 2.24) is 0 Å². The lowest BCUT2D eigenvalue weighted by molar-refractivity contribution is 0.495. The molecule has 60 valence electrons. The van der Waals surface area contributed by atoms with Crippen LogP contribution in [-0.4, -0.2) is 6.67 Å². The molecule has 0 radical (unpaired) electrons. The van der Waals surface area contributed by atoms with E-state index in [1.54, 1.807) is 6.07 Å². The quantitative estimate of drug-likeness (QED) is 0.737. The lowest BCUT2D eigenvalue weighted by atomic mass is 10.2. The van der Waals surface area contributed by atoms with Gasteiger partial charge in [-0.25, -0.2) is 0 Å². The zero-order valence-corrected chi connectivity index (χ0v) is 8.12. The molecule has 1 rings (SSSR count). The Bertz CT molecular complexity index is 250. The third-order valence-electron chi connectivity index (χ3n) is 1.37. The third kappa shape index (κ3) is 2.46. The molecule has 0 saturated heterocycles. The van der Waals surface area contributed by atoms with Crippen molar-refractivity contribution in [2.24, 2.45) is 0 Å². The minimum absolute atomic E-state index is 0.365. The molecule has 0 aliphatic rings. The molecule has 0 atom stereocenters. The highest BCUT2D eigenvalue weighted by atomic mass is 79.9. The zero-order chi connectivity index (χ0) is 8.27. The van der Waals surface area contributed by atoms with Gasteiger partial charge in [-0.2, -0.15) is 0 Å². The largest absolute Gasteiger partial charge is 0.251 e. The summed E-state index contributed by atoms with van der Waals surface area (Å²) in [5, 5.41) is 0.630. The Kier molecular flexibility index (Phi) is 3.34. The van der Waals surface area contributed by atoms with Crippen molar-refractivity contribution in [3.63, 3.8) is 0 Å². The molecule has 1 aromatic rings. The molecule has 11 heavy (non-hydrogen) atoms. The Morgan fingerprint density at radius 3 is 2.82 bits per heavy atom. The minimum Gasteiger partial charge on any atom is -0.251 e. The topological polar surface area (TPSA) is 0 Å². The first-order valence-corrected chi connectivity index (χ1v) is 4.41. The molecule has 1 aromatic carbocycles. The van der Waals surface area contributed by atoms with E-state index in [1.165, 1.54) is 0 Å². The second-order valence-corrected chi connectivity index (χ2v) is 3.50. The number of halogens is 3. The van der Waals surface area contributed by atoms with Gasteiger partial charge < -0.3 is 0 Å². The molecule has 0 fully saturated rings. The maximum absolute atomic E-state index is 11.9. The third-order valence-corrected chi connectivity index (χ3v) is 2.23. The van der Waals surface area contributed by atoms with Crippen LogP contribution in [-0.2, 0) is 6.42 Å². The van der Waals surface area contributed by atoms with Crippen molar-refractivity contribution in [2.45, 2.75) is 6.42 Å². The SMILES string of the molecule is FCCc1cc(Br)ccc1Cl. The van der Waals surface area contributed by atoms with Gasteiger partial charge >= 0.3 is 0 Å². The van der Waals surface area contributed by atoms with Gasteiger partial charge in [0.25, 0.3) is 0 Å². The Morgan fingerprint density at radius 2 is 2.18 bits per heavy atom. The van der Waals surface area contributed by atoms with E-state index in [0.717, 1.165) is 10.0 Å². The van der Waals surface area contributed by atoms with Gasteiger partial charge in [0.2, 0.25) is 0 Å². The molecule has 0 saturated carbocycles. The highest BCUT2D eigenvalue weighted by Gasteiger charge is 1.99. The van der Waals surface area contributed by atoms with Crippen LogP contribution in [0.1, 0.15) is 5.56 Å². The van der Waals surface area contributed by atoms with Crippen molar-refractivity contribution in [3.8, 4) is 0 Å². The average molecular weight is 237 g/mol. The number of rotatable bonds is 2. The van der Waals surface area contributed by atoms with Crippen molar-refractivity contribution in [2.75, 3.05) is 6.67 Å². The normalized spacial score (nSPS) is 10.1. The molecule has 0 nitrogen and oxygen atoms in total. The Hall–Kier alpha value is -0.0800. The molecule has 0 aromatic heterocycles. The molecule has 0 unspecified atom stereocenters. The highest BCUT2D eigenvalue weighted by Crippen LogP contribution is 2.21. The first-order valence-electron chi connectivity index (χ1n) is 3.24. The first-order chi connectivity index (χ1) is 5.24. The summed E-state index contributed by atoms with van der Waals surface area (Å²) in [4.78, 5) is 0.